The largest absolute Gasteiger partial charge is 0.480 e. The monoisotopic (exact) mass is 358 g/mol. The molecule has 1 aromatic carbocycles. The van der Waals surface area contributed by atoms with Crippen LogP contribution in [0.5, 0.6) is 0 Å². The number of nitrogens with one attached hydrogen (secondary N) is 3. The second-order valence-corrected chi connectivity index (χ2v) is 5.83. The van der Waals surface area contributed by atoms with Crippen molar-refractivity contribution in [3.05, 3.63) is 29.8 Å². The smallest absolute Gasteiger partial charge is 0.320 e. The first-order valence-electron chi connectivity index (χ1n) is 8.31. The molecule has 1 fully saturated rings. The number of amides is 2. The number of carbonyl (C=O) groups excluding carboxylic acids is 2. The molecule has 1 heterocycles. The van der Waals surface area contributed by atoms with Gasteiger partial charge in [-0.15, -0.1) is 6.42 Å². The highest BCUT2D eigenvalue weighted by molar-refractivity contribution is 5.97. The highest BCUT2D eigenvalue weighted by Gasteiger charge is 2.16. The zero-order chi connectivity index (χ0) is 18.9. The molecule has 4 N–H and O–H groups in total. The van der Waals surface area contributed by atoms with Crippen LogP contribution >= 0.6 is 0 Å². The van der Waals surface area contributed by atoms with Gasteiger partial charge in [-0.3, -0.25) is 14.4 Å². The van der Waals surface area contributed by atoms with Gasteiger partial charge in [0.1, 0.15) is 5.92 Å². The van der Waals surface area contributed by atoms with Gasteiger partial charge < -0.3 is 26.0 Å². The lowest BCUT2D eigenvalue weighted by Gasteiger charge is -2.29. The number of aliphatic carboxylic acids is 1. The van der Waals surface area contributed by atoms with Gasteiger partial charge in [0.2, 0.25) is 5.91 Å². The molecule has 1 aliphatic heterocycles. The third-order valence-corrected chi connectivity index (χ3v) is 4.00. The van der Waals surface area contributed by atoms with E-state index in [-0.39, 0.29) is 19.0 Å². The Morgan fingerprint density at radius 2 is 2.00 bits per heavy atom. The van der Waals surface area contributed by atoms with Gasteiger partial charge in [0, 0.05) is 44.0 Å². The summed E-state index contributed by atoms with van der Waals surface area (Å²) in [5.74, 6) is -1.07. The molecule has 2 rings (SSSR count). The Hall–Kier alpha value is -3.05. The Kier molecular flexibility index (Phi) is 7.00. The van der Waals surface area contributed by atoms with Crippen LogP contribution in [0.2, 0.25) is 0 Å². The minimum atomic E-state index is -1.18. The summed E-state index contributed by atoms with van der Waals surface area (Å²) in [6, 6.07) is 7.21. The number of piperazine rings is 1. The van der Waals surface area contributed by atoms with Gasteiger partial charge in [-0.2, -0.15) is 0 Å². The van der Waals surface area contributed by atoms with E-state index in [1.807, 2.05) is 6.07 Å². The van der Waals surface area contributed by atoms with Crippen LogP contribution in [0.1, 0.15) is 10.4 Å². The Balaban J connectivity index is 1.85. The van der Waals surface area contributed by atoms with E-state index in [0.29, 0.717) is 5.56 Å². The molecular weight excluding hydrogens is 336 g/mol. The molecule has 0 aliphatic carbocycles. The number of hydrogen-bond donors (Lipinski definition) is 4. The predicted molar refractivity (Wildman–Crippen MR) is 96.8 cm³/mol. The summed E-state index contributed by atoms with van der Waals surface area (Å²) < 4.78 is 0. The summed E-state index contributed by atoms with van der Waals surface area (Å²) in [5, 5.41) is 17.0. The van der Waals surface area contributed by atoms with Gasteiger partial charge in [-0.05, 0) is 18.2 Å². The van der Waals surface area contributed by atoms with Gasteiger partial charge in [0.15, 0.2) is 0 Å². The SMILES string of the molecule is C#C[C@@H](CNC(=O)CNC(=O)c1cccc(N2CCNCC2)c1)C(=O)O. The van der Waals surface area contributed by atoms with Gasteiger partial charge in [-0.1, -0.05) is 12.0 Å². The van der Waals surface area contributed by atoms with Crippen molar-refractivity contribution in [2.45, 2.75) is 0 Å². The molecule has 138 valence electrons. The molecule has 1 aliphatic rings. The molecular formula is C18H22N4O4. The van der Waals surface area contributed by atoms with E-state index in [9.17, 15) is 14.4 Å². The second-order valence-electron chi connectivity index (χ2n) is 5.83. The first kappa shape index (κ1) is 19.3. The Bertz CT molecular complexity index is 707. The van der Waals surface area contributed by atoms with Crippen LogP contribution in [-0.2, 0) is 9.59 Å². The van der Waals surface area contributed by atoms with Crippen LogP contribution in [0.4, 0.5) is 5.69 Å². The van der Waals surface area contributed by atoms with E-state index in [1.165, 1.54) is 0 Å². The molecule has 8 heteroatoms. The molecule has 8 nitrogen and oxygen atoms in total. The Labute approximate surface area is 151 Å². The Morgan fingerprint density at radius 3 is 2.65 bits per heavy atom. The van der Waals surface area contributed by atoms with Gasteiger partial charge in [0.05, 0.1) is 6.54 Å². The summed E-state index contributed by atoms with van der Waals surface area (Å²) >= 11 is 0. The van der Waals surface area contributed by atoms with Crippen molar-refractivity contribution < 1.29 is 19.5 Å². The highest BCUT2D eigenvalue weighted by atomic mass is 16.4. The van der Waals surface area contributed by atoms with Crippen molar-refractivity contribution in [3.8, 4) is 12.3 Å². The van der Waals surface area contributed by atoms with E-state index >= 15 is 0 Å². The topological polar surface area (TPSA) is 111 Å². The average Bonchev–Trinajstić information content (AvgIpc) is 2.67. The minimum absolute atomic E-state index is 0.182. The molecule has 1 aromatic rings. The van der Waals surface area contributed by atoms with Crippen LogP contribution in [0, 0.1) is 18.3 Å². The fraction of sp³-hybridized carbons (Fsp3) is 0.389. The highest BCUT2D eigenvalue weighted by Crippen LogP contribution is 2.16. The molecule has 1 saturated heterocycles. The maximum absolute atomic E-state index is 12.2. The lowest BCUT2D eigenvalue weighted by molar-refractivity contribution is -0.139. The van der Waals surface area contributed by atoms with Gasteiger partial charge in [-0.25, -0.2) is 0 Å². The molecule has 0 spiro atoms. The van der Waals surface area contributed by atoms with Gasteiger partial charge >= 0.3 is 5.97 Å². The first-order valence-corrected chi connectivity index (χ1v) is 8.31. The molecule has 1 atom stereocenters. The number of nitrogens with zero attached hydrogens (tertiary/aromatic N) is 1. The van der Waals surface area contributed by atoms with Crippen molar-refractivity contribution in [1.82, 2.24) is 16.0 Å². The first-order chi connectivity index (χ1) is 12.5. The number of carbonyl (C=O) groups is 3. The quantitative estimate of drug-likeness (QED) is 0.479. The summed E-state index contributed by atoms with van der Waals surface area (Å²) in [4.78, 5) is 36.9. The van der Waals surface area contributed by atoms with E-state index in [1.54, 1.807) is 18.2 Å². The van der Waals surface area contributed by atoms with Crippen molar-refractivity contribution in [2.75, 3.05) is 44.2 Å². The molecule has 0 radical (unpaired) electrons. The van der Waals surface area contributed by atoms with Crippen LogP contribution < -0.4 is 20.9 Å². The zero-order valence-electron chi connectivity index (χ0n) is 14.3. The number of anilines is 1. The van der Waals surface area contributed by atoms with E-state index in [0.717, 1.165) is 31.9 Å². The lowest BCUT2D eigenvalue weighted by Crippen LogP contribution is -2.43. The fourth-order valence-corrected chi connectivity index (χ4v) is 2.53. The number of carboxylic acids is 1. The standard InChI is InChI=1S/C18H22N4O4/c1-2-13(18(25)26)11-20-16(23)12-21-17(24)14-4-3-5-15(10-14)22-8-6-19-7-9-22/h1,3-5,10,13,19H,6-9,11-12H2,(H,20,23)(H,21,24)(H,25,26)/t13-/m0/s1. The van der Waals surface area contributed by atoms with E-state index in [2.05, 4.69) is 26.8 Å². The molecule has 0 saturated carbocycles. The van der Waals surface area contributed by atoms with Gasteiger partial charge in [0.25, 0.3) is 5.91 Å². The maximum Gasteiger partial charge on any atom is 0.320 e. The number of benzene rings is 1. The molecule has 26 heavy (non-hydrogen) atoms. The lowest BCUT2D eigenvalue weighted by atomic mass is 10.1. The third-order valence-electron chi connectivity index (χ3n) is 4.00. The average molecular weight is 358 g/mol. The summed E-state index contributed by atoms with van der Waals surface area (Å²) in [6.07, 6.45) is 5.07. The maximum atomic E-state index is 12.2. The fourth-order valence-electron chi connectivity index (χ4n) is 2.53. The number of terminal acetylenes is 1. The summed E-state index contributed by atoms with van der Waals surface area (Å²) in [6.45, 7) is 3.09. The Morgan fingerprint density at radius 1 is 1.27 bits per heavy atom. The van der Waals surface area contributed by atoms with E-state index in [4.69, 9.17) is 11.5 Å². The summed E-state index contributed by atoms with van der Waals surface area (Å²) in [7, 11) is 0. The van der Waals surface area contributed by atoms with Crippen molar-refractivity contribution in [2.24, 2.45) is 5.92 Å². The van der Waals surface area contributed by atoms with Crippen LogP contribution in [0.3, 0.4) is 0 Å². The molecule has 2 amide bonds. The van der Waals surface area contributed by atoms with E-state index < -0.39 is 17.8 Å². The van der Waals surface area contributed by atoms with Crippen LogP contribution in [-0.4, -0.2) is 62.2 Å². The predicted octanol–water partition coefficient (Wildman–Crippen LogP) is -0.724. The van der Waals surface area contributed by atoms with Crippen molar-refractivity contribution >= 4 is 23.5 Å². The number of carboxylic acid groups (broad SMARTS) is 1. The van der Waals surface area contributed by atoms with Crippen LogP contribution in [0.15, 0.2) is 24.3 Å². The normalized spacial score (nSPS) is 14.8. The molecule has 0 bridgehead atoms. The summed E-state index contributed by atoms with van der Waals surface area (Å²) in [5.41, 5.74) is 1.42. The minimum Gasteiger partial charge on any atom is -0.480 e. The molecule has 0 aromatic heterocycles. The van der Waals surface area contributed by atoms with Crippen molar-refractivity contribution in [3.63, 3.8) is 0 Å². The molecule has 0 unspecified atom stereocenters. The number of rotatable bonds is 7. The third kappa shape index (κ3) is 5.50. The van der Waals surface area contributed by atoms with Crippen LogP contribution in [0.25, 0.3) is 0 Å². The second kappa shape index (κ2) is 9.44. The van der Waals surface area contributed by atoms with Crippen molar-refractivity contribution in [1.29, 1.82) is 0 Å². The number of hydrogen-bond acceptors (Lipinski definition) is 5. The zero-order valence-corrected chi connectivity index (χ0v) is 14.3.